The van der Waals surface area contributed by atoms with Crippen molar-refractivity contribution < 1.29 is 19.0 Å². The SMILES string of the molecule is COc1ccc(COC(=O)CCOc2cc(C)cc(C)c2)cc1. The molecule has 0 saturated heterocycles. The zero-order chi connectivity index (χ0) is 16.7. The molecule has 0 N–H and O–H groups in total. The summed E-state index contributed by atoms with van der Waals surface area (Å²) >= 11 is 0. The molecule has 2 rings (SSSR count). The third-order valence-corrected chi connectivity index (χ3v) is 3.33. The predicted molar refractivity (Wildman–Crippen MR) is 88.8 cm³/mol. The van der Waals surface area contributed by atoms with Crippen LogP contribution in [0.4, 0.5) is 0 Å². The molecular formula is C19H22O4. The molecule has 0 saturated carbocycles. The van der Waals surface area contributed by atoms with Gasteiger partial charge in [-0.2, -0.15) is 0 Å². The number of aryl methyl sites for hydroxylation is 2. The van der Waals surface area contributed by atoms with E-state index in [1.54, 1.807) is 7.11 Å². The zero-order valence-corrected chi connectivity index (χ0v) is 13.8. The summed E-state index contributed by atoms with van der Waals surface area (Å²) in [6.07, 6.45) is 0.225. The number of carbonyl (C=O) groups excluding carboxylic acids is 1. The van der Waals surface area contributed by atoms with Gasteiger partial charge in [0.2, 0.25) is 0 Å². The van der Waals surface area contributed by atoms with Crippen LogP contribution in [-0.2, 0) is 16.1 Å². The van der Waals surface area contributed by atoms with E-state index in [1.807, 2.05) is 50.2 Å². The van der Waals surface area contributed by atoms with Crippen LogP contribution in [-0.4, -0.2) is 19.7 Å². The normalized spacial score (nSPS) is 10.2. The molecular weight excluding hydrogens is 292 g/mol. The summed E-state index contributed by atoms with van der Waals surface area (Å²) in [5.74, 6) is 1.29. The summed E-state index contributed by atoms with van der Waals surface area (Å²) in [5, 5.41) is 0. The highest BCUT2D eigenvalue weighted by molar-refractivity contribution is 5.69. The first-order valence-corrected chi connectivity index (χ1v) is 7.56. The summed E-state index contributed by atoms with van der Waals surface area (Å²) < 4.78 is 15.9. The Labute approximate surface area is 137 Å². The maximum atomic E-state index is 11.7. The zero-order valence-electron chi connectivity index (χ0n) is 13.8. The van der Waals surface area contributed by atoms with E-state index in [4.69, 9.17) is 14.2 Å². The van der Waals surface area contributed by atoms with Gasteiger partial charge < -0.3 is 14.2 Å². The van der Waals surface area contributed by atoms with Gasteiger partial charge in [-0.25, -0.2) is 0 Å². The summed E-state index contributed by atoms with van der Waals surface area (Å²) in [6.45, 7) is 4.60. The van der Waals surface area contributed by atoms with Crippen LogP contribution < -0.4 is 9.47 Å². The monoisotopic (exact) mass is 314 g/mol. The molecule has 0 aliphatic rings. The minimum absolute atomic E-state index is 0.225. The van der Waals surface area contributed by atoms with Crippen LogP contribution in [0.3, 0.4) is 0 Å². The second-order valence-corrected chi connectivity index (χ2v) is 5.43. The fraction of sp³-hybridized carbons (Fsp3) is 0.316. The Bertz CT molecular complexity index is 627. The maximum Gasteiger partial charge on any atom is 0.309 e. The molecule has 23 heavy (non-hydrogen) atoms. The van der Waals surface area contributed by atoms with Gasteiger partial charge >= 0.3 is 5.97 Å². The molecule has 0 spiro atoms. The smallest absolute Gasteiger partial charge is 0.309 e. The molecule has 0 atom stereocenters. The molecule has 0 unspecified atom stereocenters. The fourth-order valence-electron chi connectivity index (χ4n) is 2.23. The van der Waals surface area contributed by atoms with E-state index in [1.165, 1.54) is 0 Å². The average Bonchev–Trinajstić information content (AvgIpc) is 2.52. The molecule has 0 aromatic heterocycles. The molecule has 0 heterocycles. The van der Waals surface area contributed by atoms with Crippen LogP contribution in [0, 0.1) is 13.8 Å². The second kappa shape index (κ2) is 8.22. The summed E-state index contributed by atoms with van der Waals surface area (Å²) in [7, 11) is 1.62. The molecule has 0 aliphatic carbocycles. The lowest BCUT2D eigenvalue weighted by Gasteiger charge is -2.09. The van der Waals surface area contributed by atoms with Crippen LogP contribution >= 0.6 is 0 Å². The van der Waals surface area contributed by atoms with Gasteiger partial charge in [0.05, 0.1) is 20.1 Å². The Hall–Kier alpha value is -2.49. The van der Waals surface area contributed by atoms with Crippen LogP contribution in [0.5, 0.6) is 11.5 Å². The van der Waals surface area contributed by atoms with Crippen LogP contribution in [0.1, 0.15) is 23.1 Å². The highest BCUT2D eigenvalue weighted by atomic mass is 16.5. The lowest BCUT2D eigenvalue weighted by Crippen LogP contribution is -2.10. The van der Waals surface area contributed by atoms with Crippen molar-refractivity contribution in [3.63, 3.8) is 0 Å². The van der Waals surface area contributed by atoms with E-state index < -0.39 is 0 Å². The molecule has 4 heteroatoms. The van der Waals surface area contributed by atoms with Gasteiger partial charge in [0, 0.05) is 0 Å². The number of ether oxygens (including phenoxy) is 3. The van der Waals surface area contributed by atoms with Gasteiger partial charge in [0.25, 0.3) is 0 Å². The Morgan fingerprint density at radius 1 is 0.957 bits per heavy atom. The first kappa shape index (κ1) is 16.9. The number of methoxy groups -OCH3 is 1. The van der Waals surface area contributed by atoms with Gasteiger partial charge in [-0.1, -0.05) is 18.2 Å². The van der Waals surface area contributed by atoms with Crippen molar-refractivity contribution >= 4 is 5.97 Å². The lowest BCUT2D eigenvalue weighted by atomic mass is 10.1. The van der Waals surface area contributed by atoms with Crippen molar-refractivity contribution in [1.82, 2.24) is 0 Å². The van der Waals surface area contributed by atoms with Crippen molar-refractivity contribution in [2.45, 2.75) is 26.9 Å². The van der Waals surface area contributed by atoms with E-state index in [0.29, 0.717) is 6.61 Å². The van der Waals surface area contributed by atoms with Crippen molar-refractivity contribution in [3.05, 3.63) is 59.2 Å². The number of hydrogen-bond donors (Lipinski definition) is 0. The van der Waals surface area contributed by atoms with E-state index in [-0.39, 0.29) is 19.0 Å². The van der Waals surface area contributed by atoms with Crippen LogP contribution in [0.2, 0.25) is 0 Å². The molecule has 4 nitrogen and oxygen atoms in total. The number of esters is 1. The fourth-order valence-corrected chi connectivity index (χ4v) is 2.23. The molecule has 122 valence electrons. The number of rotatable bonds is 7. The molecule has 0 aliphatic heterocycles. The second-order valence-electron chi connectivity index (χ2n) is 5.43. The molecule has 0 amide bonds. The highest BCUT2D eigenvalue weighted by Gasteiger charge is 2.05. The van der Waals surface area contributed by atoms with Gasteiger partial charge in [-0.15, -0.1) is 0 Å². The Kier molecular flexibility index (Phi) is 6.03. The van der Waals surface area contributed by atoms with Crippen LogP contribution in [0.25, 0.3) is 0 Å². The third kappa shape index (κ3) is 5.66. The van der Waals surface area contributed by atoms with E-state index in [0.717, 1.165) is 28.2 Å². The lowest BCUT2D eigenvalue weighted by molar-refractivity contribution is -0.145. The first-order valence-electron chi connectivity index (χ1n) is 7.56. The third-order valence-electron chi connectivity index (χ3n) is 3.33. The summed E-state index contributed by atoms with van der Waals surface area (Å²) in [6, 6.07) is 13.4. The van der Waals surface area contributed by atoms with Gasteiger partial charge in [0.1, 0.15) is 18.1 Å². The minimum Gasteiger partial charge on any atom is -0.497 e. The van der Waals surface area contributed by atoms with E-state index >= 15 is 0 Å². The standard InChI is InChI=1S/C19H22O4/c1-14-10-15(2)12-18(11-14)22-9-8-19(20)23-13-16-4-6-17(21-3)7-5-16/h4-7,10-12H,8-9,13H2,1-3H3. The largest absolute Gasteiger partial charge is 0.497 e. The summed E-state index contributed by atoms with van der Waals surface area (Å²) in [5.41, 5.74) is 3.21. The number of carbonyl (C=O) groups is 1. The van der Waals surface area contributed by atoms with Crippen LogP contribution in [0.15, 0.2) is 42.5 Å². The maximum absolute atomic E-state index is 11.7. The number of hydrogen-bond acceptors (Lipinski definition) is 4. The Morgan fingerprint density at radius 3 is 2.22 bits per heavy atom. The Balaban J connectivity index is 1.72. The predicted octanol–water partition coefficient (Wildman–Crippen LogP) is 3.82. The van der Waals surface area contributed by atoms with Gasteiger partial charge in [-0.05, 0) is 54.8 Å². The van der Waals surface area contributed by atoms with E-state index in [2.05, 4.69) is 6.07 Å². The quantitative estimate of drug-likeness (QED) is 0.729. The minimum atomic E-state index is -0.273. The van der Waals surface area contributed by atoms with Crippen molar-refractivity contribution in [3.8, 4) is 11.5 Å². The first-order chi connectivity index (χ1) is 11.1. The molecule has 0 radical (unpaired) electrons. The van der Waals surface area contributed by atoms with E-state index in [9.17, 15) is 4.79 Å². The van der Waals surface area contributed by atoms with Gasteiger partial charge in [-0.3, -0.25) is 4.79 Å². The molecule has 0 fully saturated rings. The topological polar surface area (TPSA) is 44.8 Å². The van der Waals surface area contributed by atoms with Crippen molar-refractivity contribution in [2.75, 3.05) is 13.7 Å². The van der Waals surface area contributed by atoms with Gasteiger partial charge in [0.15, 0.2) is 0 Å². The molecule has 2 aromatic rings. The summed E-state index contributed by atoms with van der Waals surface area (Å²) in [4.78, 5) is 11.7. The Morgan fingerprint density at radius 2 is 1.61 bits per heavy atom. The van der Waals surface area contributed by atoms with Crippen molar-refractivity contribution in [2.24, 2.45) is 0 Å². The average molecular weight is 314 g/mol. The highest BCUT2D eigenvalue weighted by Crippen LogP contribution is 2.16. The molecule has 2 aromatic carbocycles. The number of benzene rings is 2. The van der Waals surface area contributed by atoms with Crippen molar-refractivity contribution in [1.29, 1.82) is 0 Å². The molecule has 0 bridgehead atoms.